The lowest BCUT2D eigenvalue weighted by molar-refractivity contribution is 0.234. The predicted octanol–water partition coefficient (Wildman–Crippen LogP) is 2.77. The molecule has 1 aliphatic carbocycles. The second kappa shape index (κ2) is 6.22. The quantitative estimate of drug-likeness (QED) is 0.850. The summed E-state index contributed by atoms with van der Waals surface area (Å²) >= 11 is 0. The molecule has 1 heterocycles. The monoisotopic (exact) mass is 291 g/mol. The van der Waals surface area contributed by atoms with E-state index in [1.54, 1.807) is 6.07 Å². The summed E-state index contributed by atoms with van der Waals surface area (Å²) in [5, 5.41) is 7.04. The second-order valence-corrected chi connectivity index (χ2v) is 5.15. The molecule has 2 aromatic rings. The van der Waals surface area contributed by atoms with E-state index in [2.05, 4.69) is 15.5 Å². The molecule has 1 fully saturated rings. The summed E-state index contributed by atoms with van der Waals surface area (Å²) in [4.78, 5) is 4.24. The molecular weight excluding hydrogens is 273 g/mol. The van der Waals surface area contributed by atoms with Crippen molar-refractivity contribution in [3.05, 3.63) is 41.3 Å². The summed E-state index contributed by atoms with van der Waals surface area (Å²) in [5.74, 6) is 1.36. The van der Waals surface area contributed by atoms with Crippen LogP contribution in [0, 0.1) is 5.82 Å². The lowest BCUT2D eigenvalue weighted by Gasteiger charge is -2.07. The molecule has 1 saturated carbocycles. The summed E-state index contributed by atoms with van der Waals surface area (Å²) in [6.45, 7) is 3.58. The molecule has 0 aliphatic heterocycles. The molecule has 0 spiro atoms. The molecule has 0 amide bonds. The van der Waals surface area contributed by atoms with Crippen LogP contribution in [0.3, 0.4) is 0 Å². The predicted molar refractivity (Wildman–Crippen MR) is 74.4 cm³/mol. The molecular formula is C15H18FN3O2. The van der Waals surface area contributed by atoms with E-state index in [-0.39, 0.29) is 18.2 Å². The van der Waals surface area contributed by atoms with Crippen LogP contribution in [0.5, 0.6) is 5.75 Å². The van der Waals surface area contributed by atoms with Gasteiger partial charge in [0.2, 0.25) is 0 Å². The Hall–Kier alpha value is -1.95. The maximum Gasteiger partial charge on any atom is 0.264 e. The fraction of sp³-hybridized carbons (Fsp3) is 0.467. The van der Waals surface area contributed by atoms with Gasteiger partial charge < -0.3 is 14.6 Å². The molecule has 1 aliphatic rings. The molecule has 112 valence electrons. The molecule has 1 aromatic carbocycles. The number of ether oxygens (including phenoxy) is 1. The highest BCUT2D eigenvalue weighted by Gasteiger charge is 2.28. The Bertz CT molecular complexity index is 611. The van der Waals surface area contributed by atoms with E-state index in [1.165, 1.54) is 6.07 Å². The third kappa shape index (κ3) is 3.58. The molecule has 0 radical (unpaired) electrons. The van der Waals surface area contributed by atoms with Gasteiger partial charge in [0.05, 0.1) is 0 Å². The summed E-state index contributed by atoms with van der Waals surface area (Å²) in [7, 11) is 0. The Morgan fingerprint density at radius 2 is 2.29 bits per heavy atom. The van der Waals surface area contributed by atoms with Gasteiger partial charge in [0.15, 0.2) is 24.0 Å². The molecule has 1 N–H and O–H groups in total. The van der Waals surface area contributed by atoms with Crippen LogP contribution in [-0.4, -0.2) is 16.7 Å². The summed E-state index contributed by atoms with van der Waals surface area (Å²) in [5.41, 5.74) is 0.885. The van der Waals surface area contributed by atoms with Crippen molar-refractivity contribution < 1.29 is 13.7 Å². The standard InChI is InChI=1S/C15H18FN3O2/c1-2-17-8-10-3-6-13(12(16)7-10)20-9-14-18-15(19-21-14)11-4-5-11/h3,6-7,11,17H,2,4-5,8-9H2,1H3. The average molecular weight is 291 g/mol. The van der Waals surface area contributed by atoms with E-state index in [1.807, 2.05) is 13.0 Å². The summed E-state index contributed by atoms with van der Waals surface area (Å²) < 4.78 is 24.4. The Labute approximate surface area is 122 Å². The van der Waals surface area contributed by atoms with Crippen LogP contribution in [0.25, 0.3) is 0 Å². The van der Waals surface area contributed by atoms with Crippen LogP contribution in [0.4, 0.5) is 4.39 Å². The van der Waals surface area contributed by atoms with Crippen molar-refractivity contribution in [2.75, 3.05) is 6.54 Å². The van der Waals surface area contributed by atoms with E-state index < -0.39 is 0 Å². The number of aromatic nitrogens is 2. The van der Waals surface area contributed by atoms with Crippen molar-refractivity contribution in [2.24, 2.45) is 0 Å². The number of hydrogen-bond acceptors (Lipinski definition) is 5. The van der Waals surface area contributed by atoms with Gasteiger partial charge in [0.25, 0.3) is 5.89 Å². The van der Waals surface area contributed by atoms with Crippen molar-refractivity contribution in [3.63, 3.8) is 0 Å². The minimum atomic E-state index is -0.382. The van der Waals surface area contributed by atoms with E-state index in [0.29, 0.717) is 18.4 Å². The number of nitrogens with zero attached hydrogens (tertiary/aromatic N) is 2. The summed E-state index contributed by atoms with van der Waals surface area (Å²) in [6.07, 6.45) is 2.23. The van der Waals surface area contributed by atoms with Gasteiger partial charge in [0.1, 0.15) is 0 Å². The van der Waals surface area contributed by atoms with Crippen molar-refractivity contribution in [2.45, 2.75) is 38.8 Å². The molecule has 0 saturated heterocycles. The van der Waals surface area contributed by atoms with Crippen LogP contribution in [0.2, 0.25) is 0 Å². The fourth-order valence-electron chi connectivity index (χ4n) is 2.01. The zero-order chi connectivity index (χ0) is 14.7. The average Bonchev–Trinajstić information content (AvgIpc) is 3.23. The minimum absolute atomic E-state index is 0.0865. The smallest absolute Gasteiger partial charge is 0.264 e. The van der Waals surface area contributed by atoms with E-state index in [0.717, 1.165) is 30.8 Å². The second-order valence-electron chi connectivity index (χ2n) is 5.15. The first kappa shape index (κ1) is 14.0. The maximum absolute atomic E-state index is 13.9. The topological polar surface area (TPSA) is 60.2 Å². The van der Waals surface area contributed by atoms with Crippen molar-refractivity contribution >= 4 is 0 Å². The maximum atomic E-state index is 13.9. The van der Waals surface area contributed by atoms with Gasteiger partial charge in [-0.1, -0.05) is 18.1 Å². The first-order valence-corrected chi connectivity index (χ1v) is 7.20. The van der Waals surface area contributed by atoms with Gasteiger partial charge >= 0.3 is 0 Å². The first-order valence-electron chi connectivity index (χ1n) is 7.20. The van der Waals surface area contributed by atoms with Gasteiger partial charge in [-0.05, 0) is 37.1 Å². The van der Waals surface area contributed by atoms with Crippen LogP contribution < -0.4 is 10.1 Å². The molecule has 0 bridgehead atoms. The molecule has 5 nitrogen and oxygen atoms in total. The number of benzene rings is 1. The largest absolute Gasteiger partial charge is 0.481 e. The molecule has 0 unspecified atom stereocenters. The number of rotatable bonds is 7. The van der Waals surface area contributed by atoms with Gasteiger partial charge in [-0.15, -0.1) is 0 Å². The highest BCUT2D eigenvalue weighted by molar-refractivity contribution is 5.29. The molecule has 21 heavy (non-hydrogen) atoms. The minimum Gasteiger partial charge on any atom is -0.481 e. The van der Waals surface area contributed by atoms with E-state index >= 15 is 0 Å². The van der Waals surface area contributed by atoms with E-state index in [4.69, 9.17) is 9.26 Å². The first-order chi connectivity index (χ1) is 10.3. The third-order valence-corrected chi connectivity index (χ3v) is 3.35. The SMILES string of the molecule is CCNCc1ccc(OCc2nc(C3CC3)no2)c(F)c1. The number of hydrogen-bond donors (Lipinski definition) is 1. The zero-order valence-electron chi connectivity index (χ0n) is 11.9. The van der Waals surface area contributed by atoms with Crippen LogP contribution in [0.1, 0.15) is 43.0 Å². The fourth-order valence-corrected chi connectivity index (χ4v) is 2.01. The Morgan fingerprint density at radius 3 is 3.00 bits per heavy atom. The summed E-state index contributed by atoms with van der Waals surface area (Å²) in [6, 6.07) is 4.94. The molecule has 0 atom stereocenters. The normalized spacial score (nSPS) is 14.4. The lowest BCUT2D eigenvalue weighted by atomic mass is 10.2. The van der Waals surface area contributed by atoms with Crippen molar-refractivity contribution in [3.8, 4) is 5.75 Å². The Kier molecular flexibility index (Phi) is 4.15. The van der Waals surface area contributed by atoms with Gasteiger partial charge in [-0.2, -0.15) is 4.98 Å². The number of nitrogens with one attached hydrogen (secondary N) is 1. The number of halogens is 1. The van der Waals surface area contributed by atoms with Crippen LogP contribution >= 0.6 is 0 Å². The van der Waals surface area contributed by atoms with E-state index in [9.17, 15) is 4.39 Å². The van der Waals surface area contributed by atoms with Crippen molar-refractivity contribution in [1.82, 2.24) is 15.5 Å². The molecule has 1 aromatic heterocycles. The molecule has 3 rings (SSSR count). The Morgan fingerprint density at radius 1 is 1.43 bits per heavy atom. The highest BCUT2D eigenvalue weighted by Crippen LogP contribution is 2.38. The van der Waals surface area contributed by atoms with Crippen LogP contribution in [0.15, 0.2) is 22.7 Å². The lowest BCUT2D eigenvalue weighted by Crippen LogP contribution is -2.11. The van der Waals surface area contributed by atoms with Crippen LogP contribution in [-0.2, 0) is 13.2 Å². The zero-order valence-corrected chi connectivity index (χ0v) is 11.9. The highest BCUT2D eigenvalue weighted by atomic mass is 19.1. The van der Waals surface area contributed by atoms with Crippen molar-refractivity contribution in [1.29, 1.82) is 0 Å². The molecule has 6 heteroatoms. The van der Waals surface area contributed by atoms with Gasteiger partial charge in [-0.25, -0.2) is 4.39 Å². The Balaban J connectivity index is 1.58. The van der Waals surface area contributed by atoms with Gasteiger partial charge in [-0.3, -0.25) is 0 Å². The third-order valence-electron chi connectivity index (χ3n) is 3.35. The van der Waals surface area contributed by atoms with Gasteiger partial charge in [0, 0.05) is 12.5 Å².